The van der Waals surface area contributed by atoms with Crippen LogP contribution in [0.15, 0.2) is 35.3 Å². The number of hydrogen-bond donors (Lipinski definition) is 4. The zero-order chi connectivity index (χ0) is 23.3. The van der Waals surface area contributed by atoms with Gasteiger partial charge in [0, 0.05) is 24.6 Å². The molecule has 1 atom stereocenters. The van der Waals surface area contributed by atoms with Crippen molar-refractivity contribution in [1.82, 2.24) is 15.0 Å². The number of esters is 1. The Morgan fingerprint density at radius 1 is 1.19 bits per heavy atom. The minimum absolute atomic E-state index is 0.0378. The molecule has 2 heterocycles. The number of ketones is 1. The van der Waals surface area contributed by atoms with E-state index in [4.69, 9.17) is 5.73 Å². The van der Waals surface area contributed by atoms with Gasteiger partial charge in [0.1, 0.15) is 5.65 Å². The summed E-state index contributed by atoms with van der Waals surface area (Å²) in [6.07, 6.45) is 2.72. The lowest BCUT2D eigenvalue weighted by atomic mass is 9.93. The van der Waals surface area contributed by atoms with E-state index >= 15 is 0 Å². The maximum Gasteiger partial charge on any atom is 0.306 e. The average molecular weight is 440 g/mol. The molecule has 32 heavy (non-hydrogen) atoms. The number of H-pyrrole nitrogens is 2. The molecule has 0 saturated heterocycles. The second-order valence-electron chi connectivity index (χ2n) is 7.46. The van der Waals surface area contributed by atoms with Crippen molar-refractivity contribution >= 4 is 34.7 Å². The molecule has 0 aliphatic carbocycles. The van der Waals surface area contributed by atoms with E-state index in [0.717, 1.165) is 11.1 Å². The second-order valence-corrected chi connectivity index (χ2v) is 7.46. The zero-order valence-electron chi connectivity index (χ0n) is 17.5. The third-order valence-electron chi connectivity index (χ3n) is 5.31. The molecule has 168 valence electrons. The van der Waals surface area contributed by atoms with E-state index in [9.17, 15) is 24.3 Å². The first-order chi connectivity index (χ1) is 15.3. The number of nitrogens with two attached hydrogens (primary N) is 1. The number of rotatable bonds is 10. The number of anilines is 1. The topological polar surface area (TPSA) is 168 Å². The predicted octanol–water partition coefficient (Wildman–Crippen LogP) is 1.85. The molecule has 0 amide bonds. The van der Waals surface area contributed by atoms with Gasteiger partial charge in [0.15, 0.2) is 5.78 Å². The van der Waals surface area contributed by atoms with E-state index in [2.05, 4.69) is 19.7 Å². The van der Waals surface area contributed by atoms with Gasteiger partial charge in [0.05, 0.1) is 18.4 Å². The molecular formula is C22H24N4O6. The fraction of sp³-hybridized carbons (Fsp3) is 0.318. The molecule has 0 bridgehead atoms. The average Bonchev–Trinajstić information content (AvgIpc) is 3.17. The molecule has 5 N–H and O–H groups in total. The zero-order valence-corrected chi connectivity index (χ0v) is 17.5. The number of nitrogen functional groups attached to an aromatic ring is 1. The molecule has 0 spiro atoms. The van der Waals surface area contributed by atoms with Gasteiger partial charge in [-0.25, -0.2) is 0 Å². The molecule has 0 unspecified atom stereocenters. The number of aromatic amines is 2. The number of benzene rings is 1. The Balaban J connectivity index is 1.62. The molecule has 2 aromatic heterocycles. The van der Waals surface area contributed by atoms with Gasteiger partial charge in [-0.15, -0.1) is 0 Å². The van der Waals surface area contributed by atoms with Gasteiger partial charge >= 0.3 is 11.9 Å². The van der Waals surface area contributed by atoms with Crippen molar-refractivity contribution in [3.05, 3.63) is 57.5 Å². The Hall–Kier alpha value is -3.95. The number of aromatic nitrogens is 3. The number of carboxylic acids is 1. The second kappa shape index (κ2) is 9.90. The highest BCUT2D eigenvalue weighted by atomic mass is 16.5. The van der Waals surface area contributed by atoms with Crippen molar-refractivity contribution in [3.63, 3.8) is 0 Å². The third kappa shape index (κ3) is 5.39. The van der Waals surface area contributed by atoms with E-state index in [1.807, 2.05) is 0 Å². The highest BCUT2D eigenvalue weighted by Gasteiger charge is 2.23. The number of fused-ring (bicyclic) bond motifs is 1. The van der Waals surface area contributed by atoms with Gasteiger partial charge in [0.25, 0.3) is 5.56 Å². The Labute approximate surface area is 182 Å². The number of aryl methyl sites for hydroxylation is 2. The summed E-state index contributed by atoms with van der Waals surface area (Å²) >= 11 is 0. The minimum atomic E-state index is -1.12. The highest BCUT2D eigenvalue weighted by molar-refractivity contribution is 5.98. The number of ether oxygens (including phenoxy) is 1. The van der Waals surface area contributed by atoms with E-state index in [1.54, 1.807) is 30.5 Å². The summed E-state index contributed by atoms with van der Waals surface area (Å²) in [7, 11) is 1.23. The van der Waals surface area contributed by atoms with Crippen molar-refractivity contribution in [2.75, 3.05) is 12.8 Å². The third-order valence-corrected chi connectivity index (χ3v) is 5.31. The van der Waals surface area contributed by atoms with E-state index < -0.39 is 17.9 Å². The van der Waals surface area contributed by atoms with Gasteiger partial charge in [0.2, 0.25) is 5.95 Å². The molecule has 1 aromatic carbocycles. The fourth-order valence-corrected chi connectivity index (χ4v) is 3.50. The molecule has 0 radical (unpaired) electrons. The molecule has 3 aromatic rings. The number of carbonyl (C=O) groups excluding carboxylic acids is 2. The van der Waals surface area contributed by atoms with Crippen molar-refractivity contribution in [2.24, 2.45) is 5.92 Å². The number of hydrogen-bond acceptors (Lipinski definition) is 7. The molecule has 10 heteroatoms. The molecular weight excluding hydrogens is 416 g/mol. The van der Waals surface area contributed by atoms with Crippen molar-refractivity contribution in [3.8, 4) is 0 Å². The minimum Gasteiger partial charge on any atom is -0.481 e. The summed E-state index contributed by atoms with van der Waals surface area (Å²) in [6, 6.07) is 6.90. The Bertz CT molecular complexity index is 1200. The van der Waals surface area contributed by atoms with Crippen LogP contribution in [0.1, 0.15) is 40.7 Å². The molecule has 0 saturated carbocycles. The Morgan fingerprint density at radius 2 is 1.91 bits per heavy atom. The largest absolute Gasteiger partial charge is 0.481 e. The number of nitrogens with one attached hydrogen (secondary N) is 2. The SMILES string of the molecule is COC(=O)CC[C@H](CC(=O)c1ccc(CCc2c[nH]c3nc(N)[nH]c(=O)c23)cc1)C(=O)O. The maximum atomic E-state index is 12.5. The first-order valence-corrected chi connectivity index (χ1v) is 10.1. The van der Waals surface area contributed by atoms with E-state index in [1.165, 1.54) is 7.11 Å². The molecule has 3 rings (SSSR count). The van der Waals surface area contributed by atoms with Crippen LogP contribution in [0.25, 0.3) is 11.0 Å². The quantitative estimate of drug-likeness (QED) is 0.273. The number of Topliss-reactive ketones (excluding diaryl/α,β-unsaturated/α-hetero) is 1. The van der Waals surface area contributed by atoms with Crippen LogP contribution in [0.5, 0.6) is 0 Å². The number of carbonyl (C=O) groups is 3. The number of carboxylic acid groups (broad SMARTS) is 1. The summed E-state index contributed by atoms with van der Waals surface area (Å²) in [5, 5.41) is 9.80. The molecule has 0 fully saturated rings. The lowest BCUT2D eigenvalue weighted by molar-refractivity contribution is -0.143. The van der Waals surface area contributed by atoms with Crippen LogP contribution in [-0.2, 0) is 27.2 Å². The lowest BCUT2D eigenvalue weighted by Gasteiger charge is -2.11. The molecule has 0 aliphatic heterocycles. The van der Waals surface area contributed by atoms with Gasteiger partial charge in [-0.2, -0.15) is 4.98 Å². The maximum absolute atomic E-state index is 12.5. The number of nitrogens with zero attached hydrogens (tertiary/aromatic N) is 1. The van der Waals surface area contributed by atoms with Crippen molar-refractivity contribution < 1.29 is 24.2 Å². The smallest absolute Gasteiger partial charge is 0.306 e. The van der Waals surface area contributed by atoms with Crippen LogP contribution < -0.4 is 11.3 Å². The standard InChI is InChI=1S/C22H24N4O6/c1-32-17(28)9-8-14(21(30)31)10-16(27)13-5-2-12(3-6-13)4-7-15-11-24-19-18(15)20(29)26-22(23)25-19/h2-3,5-6,11,14H,4,7-10H2,1H3,(H,30,31)(H4,23,24,25,26,29)/t14-/m1/s1. The van der Waals surface area contributed by atoms with Crippen molar-refractivity contribution in [1.29, 1.82) is 0 Å². The van der Waals surface area contributed by atoms with E-state index in [0.29, 0.717) is 29.4 Å². The first-order valence-electron chi connectivity index (χ1n) is 10.1. The summed E-state index contributed by atoms with van der Waals surface area (Å²) < 4.78 is 4.52. The van der Waals surface area contributed by atoms with Crippen LogP contribution in [0, 0.1) is 5.92 Å². The normalized spacial score (nSPS) is 11.9. The monoisotopic (exact) mass is 440 g/mol. The van der Waals surface area contributed by atoms with Gasteiger partial charge in [-0.3, -0.25) is 24.2 Å². The number of methoxy groups -OCH3 is 1. The fourth-order valence-electron chi connectivity index (χ4n) is 3.50. The highest BCUT2D eigenvalue weighted by Crippen LogP contribution is 2.19. The Morgan fingerprint density at radius 3 is 2.56 bits per heavy atom. The van der Waals surface area contributed by atoms with Crippen LogP contribution in [0.3, 0.4) is 0 Å². The van der Waals surface area contributed by atoms with Crippen LogP contribution in [0.4, 0.5) is 5.95 Å². The summed E-state index contributed by atoms with van der Waals surface area (Å²) in [6.45, 7) is 0. The molecule has 10 nitrogen and oxygen atoms in total. The molecule has 0 aliphatic rings. The first kappa shape index (κ1) is 22.7. The number of aliphatic carboxylic acids is 1. The summed E-state index contributed by atoms with van der Waals surface area (Å²) in [5.41, 5.74) is 7.85. The van der Waals surface area contributed by atoms with Crippen molar-refractivity contribution in [2.45, 2.75) is 32.1 Å². The van der Waals surface area contributed by atoms with E-state index in [-0.39, 0.29) is 36.6 Å². The van der Waals surface area contributed by atoms with Gasteiger partial charge in [-0.1, -0.05) is 24.3 Å². The van der Waals surface area contributed by atoms with Crippen LogP contribution in [-0.4, -0.2) is 44.9 Å². The van der Waals surface area contributed by atoms with Gasteiger partial charge < -0.3 is 20.6 Å². The van der Waals surface area contributed by atoms with Gasteiger partial charge in [-0.05, 0) is 30.4 Å². The summed E-state index contributed by atoms with van der Waals surface area (Å²) in [5.74, 6) is -2.84. The summed E-state index contributed by atoms with van der Waals surface area (Å²) in [4.78, 5) is 56.8. The van der Waals surface area contributed by atoms with Crippen LogP contribution >= 0.6 is 0 Å². The predicted molar refractivity (Wildman–Crippen MR) is 116 cm³/mol. The van der Waals surface area contributed by atoms with Crippen LogP contribution in [0.2, 0.25) is 0 Å². The lowest BCUT2D eigenvalue weighted by Crippen LogP contribution is -2.19. The Kier molecular flexibility index (Phi) is 7.04.